The maximum atomic E-state index is 12.2. The lowest BCUT2D eigenvalue weighted by atomic mass is 9.97. The molecule has 2 aliphatic heterocycles. The predicted octanol–water partition coefficient (Wildman–Crippen LogP) is 2.68. The molecule has 2 aliphatic rings. The maximum absolute atomic E-state index is 12.2. The van der Waals surface area contributed by atoms with Crippen LogP contribution in [0.15, 0.2) is 24.3 Å². The summed E-state index contributed by atoms with van der Waals surface area (Å²) in [6.45, 7) is 5.37. The Labute approximate surface area is 126 Å². The average molecular weight is 288 g/mol. The summed E-state index contributed by atoms with van der Waals surface area (Å²) in [7, 11) is 0. The van der Waals surface area contributed by atoms with Gasteiger partial charge in [-0.2, -0.15) is 0 Å². The number of fused-ring (bicyclic) bond motifs is 1. The van der Waals surface area contributed by atoms with E-state index in [1.807, 2.05) is 23.1 Å². The molecule has 1 N–H and O–H groups in total. The van der Waals surface area contributed by atoms with Gasteiger partial charge < -0.3 is 15.0 Å². The van der Waals surface area contributed by atoms with Crippen LogP contribution in [-0.2, 0) is 6.42 Å². The molecule has 4 heteroatoms. The first-order valence-corrected chi connectivity index (χ1v) is 7.96. The van der Waals surface area contributed by atoms with Gasteiger partial charge in [0.1, 0.15) is 5.75 Å². The minimum Gasteiger partial charge on any atom is -0.493 e. The highest BCUT2D eigenvalue weighted by Crippen LogP contribution is 2.26. The highest BCUT2D eigenvalue weighted by atomic mass is 16.5. The minimum absolute atomic E-state index is 0.0837. The van der Waals surface area contributed by atoms with Crippen molar-refractivity contribution >= 4 is 6.03 Å². The van der Waals surface area contributed by atoms with E-state index in [9.17, 15) is 4.79 Å². The van der Waals surface area contributed by atoms with E-state index in [0.29, 0.717) is 25.0 Å². The summed E-state index contributed by atoms with van der Waals surface area (Å²) in [6.07, 6.45) is 3.33. The molecular formula is C17H24N2O2. The zero-order chi connectivity index (χ0) is 14.7. The number of urea groups is 1. The van der Waals surface area contributed by atoms with Crippen LogP contribution < -0.4 is 10.1 Å². The van der Waals surface area contributed by atoms with E-state index in [1.165, 1.54) is 12.0 Å². The highest BCUT2D eigenvalue weighted by Gasteiger charge is 2.23. The SMILES string of the molecule is CC1CCCN(C(=O)NCC2COc3ccccc3C2)C1. The van der Waals surface area contributed by atoms with Crippen molar-refractivity contribution in [3.8, 4) is 5.75 Å². The van der Waals surface area contributed by atoms with Crippen LogP contribution in [0.3, 0.4) is 0 Å². The monoisotopic (exact) mass is 288 g/mol. The van der Waals surface area contributed by atoms with Crippen molar-refractivity contribution in [1.29, 1.82) is 0 Å². The number of amides is 2. The van der Waals surface area contributed by atoms with Gasteiger partial charge in [0.25, 0.3) is 0 Å². The van der Waals surface area contributed by atoms with Crippen molar-refractivity contribution in [2.45, 2.75) is 26.2 Å². The van der Waals surface area contributed by atoms with Gasteiger partial charge in [-0.3, -0.25) is 0 Å². The van der Waals surface area contributed by atoms with Gasteiger partial charge in [0.15, 0.2) is 0 Å². The van der Waals surface area contributed by atoms with Crippen LogP contribution >= 0.6 is 0 Å². The molecule has 0 aromatic heterocycles. The molecule has 2 amide bonds. The summed E-state index contributed by atoms with van der Waals surface area (Å²) in [5.41, 5.74) is 1.24. The Morgan fingerprint density at radius 1 is 1.43 bits per heavy atom. The Balaban J connectivity index is 1.49. The highest BCUT2D eigenvalue weighted by molar-refractivity contribution is 5.74. The van der Waals surface area contributed by atoms with Gasteiger partial charge in [-0.25, -0.2) is 4.79 Å². The van der Waals surface area contributed by atoms with Crippen LogP contribution in [-0.4, -0.2) is 37.2 Å². The molecule has 0 spiro atoms. The van der Waals surface area contributed by atoms with Gasteiger partial charge in [-0.15, -0.1) is 0 Å². The Bertz CT molecular complexity index is 503. The molecule has 1 fully saturated rings. The maximum Gasteiger partial charge on any atom is 0.317 e. The number of nitrogens with zero attached hydrogens (tertiary/aromatic N) is 1. The number of nitrogens with one attached hydrogen (secondary N) is 1. The molecule has 0 radical (unpaired) electrons. The lowest BCUT2D eigenvalue weighted by Crippen LogP contribution is -2.47. The number of carbonyl (C=O) groups excluding carboxylic acids is 1. The third kappa shape index (κ3) is 3.49. The van der Waals surface area contributed by atoms with Crippen LogP contribution in [0.4, 0.5) is 4.79 Å². The van der Waals surface area contributed by atoms with E-state index in [-0.39, 0.29) is 6.03 Å². The smallest absolute Gasteiger partial charge is 0.317 e. The van der Waals surface area contributed by atoms with Gasteiger partial charge in [0.2, 0.25) is 0 Å². The number of likely N-dealkylation sites (tertiary alicyclic amines) is 1. The quantitative estimate of drug-likeness (QED) is 0.909. The third-order valence-electron chi connectivity index (χ3n) is 4.44. The van der Waals surface area contributed by atoms with Crippen LogP contribution in [0.2, 0.25) is 0 Å². The molecule has 0 bridgehead atoms. The Hall–Kier alpha value is -1.71. The average Bonchev–Trinajstić information content (AvgIpc) is 2.52. The molecule has 114 valence electrons. The van der Waals surface area contributed by atoms with E-state index in [2.05, 4.69) is 18.3 Å². The molecule has 4 nitrogen and oxygen atoms in total. The summed E-state index contributed by atoms with van der Waals surface area (Å²) in [5.74, 6) is 1.98. The second-order valence-electron chi connectivity index (χ2n) is 6.37. The third-order valence-corrected chi connectivity index (χ3v) is 4.44. The molecular weight excluding hydrogens is 264 g/mol. The van der Waals surface area contributed by atoms with Gasteiger partial charge in [0.05, 0.1) is 6.61 Å². The number of piperidine rings is 1. The fraction of sp³-hybridized carbons (Fsp3) is 0.588. The van der Waals surface area contributed by atoms with Crippen molar-refractivity contribution in [3.05, 3.63) is 29.8 Å². The van der Waals surface area contributed by atoms with Crippen LogP contribution in [0.5, 0.6) is 5.75 Å². The summed E-state index contributed by atoms with van der Waals surface area (Å²) in [4.78, 5) is 14.2. The van der Waals surface area contributed by atoms with E-state index >= 15 is 0 Å². The van der Waals surface area contributed by atoms with Crippen molar-refractivity contribution < 1.29 is 9.53 Å². The van der Waals surface area contributed by atoms with Crippen molar-refractivity contribution in [3.63, 3.8) is 0 Å². The molecule has 2 unspecified atom stereocenters. The predicted molar refractivity (Wildman–Crippen MR) is 82.5 cm³/mol. The second kappa shape index (κ2) is 6.37. The number of para-hydroxylation sites is 1. The van der Waals surface area contributed by atoms with E-state index in [4.69, 9.17) is 4.74 Å². The topological polar surface area (TPSA) is 41.6 Å². The molecule has 1 saturated heterocycles. The standard InChI is InChI=1S/C17H24N2O2/c1-13-5-4-8-19(11-13)17(20)18-10-14-9-15-6-2-3-7-16(15)21-12-14/h2-3,6-7,13-14H,4-5,8-12H2,1H3,(H,18,20). The number of hydrogen-bond acceptors (Lipinski definition) is 2. The summed E-state index contributed by atoms with van der Waals surface area (Å²) in [5, 5.41) is 3.08. The van der Waals surface area contributed by atoms with Crippen LogP contribution in [0.1, 0.15) is 25.3 Å². The molecule has 0 saturated carbocycles. The first-order valence-electron chi connectivity index (χ1n) is 7.96. The molecule has 2 heterocycles. The Kier molecular flexibility index (Phi) is 4.32. The normalized spacial score (nSPS) is 24.9. The number of ether oxygens (including phenoxy) is 1. The molecule has 1 aromatic carbocycles. The fourth-order valence-electron chi connectivity index (χ4n) is 3.24. The molecule has 2 atom stereocenters. The van der Waals surface area contributed by atoms with E-state index < -0.39 is 0 Å². The lowest BCUT2D eigenvalue weighted by Gasteiger charge is -2.32. The van der Waals surface area contributed by atoms with Crippen molar-refractivity contribution in [2.24, 2.45) is 11.8 Å². The largest absolute Gasteiger partial charge is 0.493 e. The molecule has 0 aliphatic carbocycles. The van der Waals surface area contributed by atoms with Crippen LogP contribution in [0.25, 0.3) is 0 Å². The zero-order valence-electron chi connectivity index (χ0n) is 12.7. The number of hydrogen-bond donors (Lipinski definition) is 1. The summed E-state index contributed by atoms with van der Waals surface area (Å²) >= 11 is 0. The fourth-order valence-corrected chi connectivity index (χ4v) is 3.24. The molecule has 1 aromatic rings. The number of benzene rings is 1. The van der Waals surface area contributed by atoms with E-state index in [1.54, 1.807) is 0 Å². The number of rotatable bonds is 2. The van der Waals surface area contributed by atoms with Gasteiger partial charge in [-0.1, -0.05) is 25.1 Å². The summed E-state index contributed by atoms with van der Waals surface area (Å²) < 4.78 is 5.77. The first-order chi connectivity index (χ1) is 10.2. The molecule has 3 rings (SSSR count). The lowest BCUT2D eigenvalue weighted by molar-refractivity contribution is 0.163. The zero-order valence-corrected chi connectivity index (χ0v) is 12.7. The number of carbonyl (C=O) groups is 1. The van der Waals surface area contributed by atoms with Crippen molar-refractivity contribution in [2.75, 3.05) is 26.2 Å². The first kappa shape index (κ1) is 14.2. The van der Waals surface area contributed by atoms with Gasteiger partial charge in [0, 0.05) is 25.6 Å². The van der Waals surface area contributed by atoms with E-state index in [0.717, 1.165) is 31.7 Å². The van der Waals surface area contributed by atoms with Crippen LogP contribution in [0, 0.1) is 11.8 Å². The Morgan fingerprint density at radius 3 is 3.14 bits per heavy atom. The Morgan fingerprint density at radius 2 is 2.29 bits per heavy atom. The van der Waals surface area contributed by atoms with Gasteiger partial charge in [-0.05, 0) is 36.8 Å². The summed E-state index contributed by atoms with van der Waals surface area (Å²) in [6, 6.07) is 8.24. The van der Waals surface area contributed by atoms with Crippen molar-refractivity contribution in [1.82, 2.24) is 10.2 Å². The van der Waals surface area contributed by atoms with Gasteiger partial charge >= 0.3 is 6.03 Å². The second-order valence-corrected chi connectivity index (χ2v) is 6.37. The minimum atomic E-state index is 0.0837. The molecule has 21 heavy (non-hydrogen) atoms.